The van der Waals surface area contributed by atoms with Gasteiger partial charge >= 0.3 is 5.97 Å². The number of carboxylic acids is 1. The Balaban J connectivity index is 2.33. The molecule has 108 valence electrons. The highest BCUT2D eigenvalue weighted by molar-refractivity contribution is 9.10. The number of ether oxygens (including phenoxy) is 1. The zero-order chi connectivity index (χ0) is 14.9. The molecule has 2 N–H and O–H groups in total. The van der Waals surface area contributed by atoms with E-state index in [4.69, 9.17) is 9.84 Å². The summed E-state index contributed by atoms with van der Waals surface area (Å²) in [5.41, 5.74) is 0.310. The summed E-state index contributed by atoms with van der Waals surface area (Å²) in [5.74, 6) is -1.06. The molecule has 1 aliphatic heterocycles. The van der Waals surface area contributed by atoms with Crippen LogP contribution in [0.2, 0.25) is 0 Å². The van der Waals surface area contributed by atoms with Gasteiger partial charge in [-0.15, -0.1) is 0 Å². The molecule has 0 saturated carbocycles. The molecule has 2 rings (SSSR count). The Hall–Kier alpha value is -1.60. The summed E-state index contributed by atoms with van der Waals surface area (Å²) in [6, 6.07) is 3.88. The van der Waals surface area contributed by atoms with Crippen molar-refractivity contribution >= 4 is 27.8 Å². The largest absolute Gasteiger partial charge is 0.497 e. The van der Waals surface area contributed by atoms with Gasteiger partial charge in [-0.1, -0.05) is 0 Å². The van der Waals surface area contributed by atoms with Crippen LogP contribution in [0.25, 0.3) is 0 Å². The van der Waals surface area contributed by atoms with E-state index < -0.39 is 24.0 Å². The molecule has 1 amide bonds. The van der Waals surface area contributed by atoms with Crippen molar-refractivity contribution in [2.75, 3.05) is 13.7 Å². The standard InChI is InChI=1S/C13H14BrNO5/c1-20-8-2-3-10(14)9(5-8)12(17)15-6-7(16)4-11(15)13(18)19/h2-3,5,7,11,16H,4,6H2,1H3,(H,18,19)/t7-,11+/m1/s1. The first kappa shape index (κ1) is 14.8. The van der Waals surface area contributed by atoms with Crippen molar-refractivity contribution in [3.63, 3.8) is 0 Å². The molecular weight excluding hydrogens is 330 g/mol. The number of halogens is 1. The minimum Gasteiger partial charge on any atom is -0.497 e. The predicted octanol–water partition coefficient (Wildman–Crippen LogP) is 1.12. The lowest BCUT2D eigenvalue weighted by Gasteiger charge is -2.22. The van der Waals surface area contributed by atoms with Gasteiger partial charge < -0.3 is 19.8 Å². The van der Waals surface area contributed by atoms with Crippen LogP contribution in [-0.2, 0) is 4.79 Å². The topological polar surface area (TPSA) is 87.1 Å². The normalized spacial score (nSPS) is 21.9. The molecular formula is C13H14BrNO5. The molecule has 1 aromatic carbocycles. The summed E-state index contributed by atoms with van der Waals surface area (Å²) < 4.78 is 5.61. The van der Waals surface area contributed by atoms with Crippen molar-refractivity contribution in [2.45, 2.75) is 18.6 Å². The van der Waals surface area contributed by atoms with Crippen LogP contribution in [0.3, 0.4) is 0 Å². The van der Waals surface area contributed by atoms with E-state index in [9.17, 15) is 14.7 Å². The number of carbonyl (C=O) groups is 2. The van der Waals surface area contributed by atoms with E-state index >= 15 is 0 Å². The van der Waals surface area contributed by atoms with E-state index in [1.807, 2.05) is 0 Å². The third-order valence-corrected chi connectivity index (χ3v) is 3.92. The van der Waals surface area contributed by atoms with Crippen molar-refractivity contribution in [1.29, 1.82) is 0 Å². The number of benzene rings is 1. The summed E-state index contributed by atoms with van der Waals surface area (Å²) in [4.78, 5) is 24.8. The van der Waals surface area contributed by atoms with Crippen LogP contribution in [0, 0.1) is 0 Å². The summed E-state index contributed by atoms with van der Waals surface area (Å²) in [6.07, 6.45) is -0.771. The van der Waals surface area contributed by atoms with Gasteiger partial charge in [0, 0.05) is 17.4 Å². The molecule has 7 heteroatoms. The molecule has 20 heavy (non-hydrogen) atoms. The average Bonchev–Trinajstić information content (AvgIpc) is 2.81. The SMILES string of the molecule is COc1ccc(Br)c(C(=O)N2C[C@H](O)C[C@H]2C(=O)O)c1. The molecule has 2 atom stereocenters. The summed E-state index contributed by atoms with van der Waals surface area (Å²) in [7, 11) is 1.48. The fourth-order valence-electron chi connectivity index (χ4n) is 2.22. The van der Waals surface area contributed by atoms with Crippen LogP contribution >= 0.6 is 15.9 Å². The van der Waals surface area contributed by atoms with Gasteiger partial charge in [0.2, 0.25) is 0 Å². The molecule has 1 saturated heterocycles. The van der Waals surface area contributed by atoms with Crippen LogP contribution in [0.4, 0.5) is 0 Å². The number of hydrogen-bond donors (Lipinski definition) is 2. The Bertz CT molecular complexity index is 548. The molecule has 0 bridgehead atoms. The fourth-order valence-corrected chi connectivity index (χ4v) is 2.64. The summed E-state index contributed by atoms with van der Waals surface area (Å²) in [5, 5.41) is 18.7. The number of aliphatic carboxylic acids is 1. The number of nitrogens with zero attached hydrogens (tertiary/aromatic N) is 1. The lowest BCUT2D eigenvalue weighted by molar-refractivity contribution is -0.141. The number of hydrogen-bond acceptors (Lipinski definition) is 4. The van der Waals surface area contributed by atoms with Crippen LogP contribution in [0.15, 0.2) is 22.7 Å². The highest BCUT2D eigenvalue weighted by Gasteiger charge is 2.39. The van der Waals surface area contributed by atoms with Crippen molar-refractivity contribution in [1.82, 2.24) is 4.90 Å². The van der Waals surface area contributed by atoms with E-state index in [-0.39, 0.29) is 13.0 Å². The van der Waals surface area contributed by atoms with E-state index in [2.05, 4.69) is 15.9 Å². The molecule has 0 spiro atoms. The molecule has 0 aromatic heterocycles. The number of aliphatic hydroxyl groups excluding tert-OH is 1. The average molecular weight is 344 g/mol. The smallest absolute Gasteiger partial charge is 0.326 e. The molecule has 0 aliphatic carbocycles. The number of amides is 1. The van der Waals surface area contributed by atoms with Gasteiger partial charge in [-0.25, -0.2) is 4.79 Å². The highest BCUT2D eigenvalue weighted by Crippen LogP contribution is 2.27. The molecule has 1 aromatic rings. The number of carbonyl (C=O) groups excluding carboxylic acids is 1. The van der Waals surface area contributed by atoms with E-state index in [0.717, 1.165) is 0 Å². The van der Waals surface area contributed by atoms with Crippen molar-refractivity contribution in [3.8, 4) is 5.75 Å². The fraction of sp³-hybridized carbons (Fsp3) is 0.385. The Morgan fingerprint density at radius 3 is 2.75 bits per heavy atom. The lowest BCUT2D eigenvalue weighted by Crippen LogP contribution is -2.40. The van der Waals surface area contributed by atoms with E-state index in [0.29, 0.717) is 15.8 Å². The van der Waals surface area contributed by atoms with Crippen LogP contribution in [0.1, 0.15) is 16.8 Å². The van der Waals surface area contributed by atoms with Crippen molar-refractivity contribution < 1.29 is 24.5 Å². The third-order valence-electron chi connectivity index (χ3n) is 3.23. The quantitative estimate of drug-likeness (QED) is 0.858. The Morgan fingerprint density at radius 2 is 2.15 bits per heavy atom. The molecule has 1 fully saturated rings. The monoisotopic (exact) mass is 343 g/mol. The van der Waals surface area contributed by atoms with Gasteiger partial charge in [-0.2, -0.15) is 0 Å². The predicted molar refractivity (Wildman–Crippen MR) is 73.8 cm³/mol. The first-order valence-electron chi connectivity index (χ1n) is 5.99. The second-order valence-electron chi connectivity index (χ2n) is 4.55. The second kappa shape index (κ2) is 5.80. The molecule has 1 aliphatic rings. The Kier molecular flexibility index (Phi) is 4.29. The highest BCUT2D eigenvalue weighted by atomic mass is 79.9. The van der Waals surface area contributed by atoms with E-state index in [1.165, 1.54) is 18.1 Å². The van der Waals surface area contributed by atoms with Gasteiger partial charge in [-0.3, -0.25) is 4.79 Å². The van der Waals surface area contributed by atoms with Gasteiger partial charge in [0.15, 0.2) is 0 Å². The second-order valence-corrected chi connectivity index (χ2v) is 5.40. The maximum absolute atomic E-state index is 12.5. The van der Waals surface area contributed by atoms with Gasteiger partial charge in [0.05, 0.1) is 18.8 Å². The zero-order valence-electron chi connectivity index (χ0n) is 10.7. The summed E-state index contributed by atoms with van der Waals surface area (Å²) in [6.45, 7) is 0.0133. The van der Waals surface area contributed by atoms with Crippen LogP contribution in [-0.4, -0.2) is 52.8 Å². The minimum absolute atomic E-state index is 0.0133. The number of methoxy groups -OCH3 is 1. The molecule has 6 nitrogen and oxygen atoms in total. The first-order chi connectivity index (χ1) is 9.43. The maximum atomic E-state index is 12.5. The molecule has 0 unspecified atom stereocenters. The number of aliphatic hydroxyl groups is 1. The number of carboxylic acid groups (broad SMARTS) is 1. The first-order valence-corrected chi connectivity index (χ1v) is 6.78. The third kappa shape index (κ3) is 2.78. The van der Waals surface area contributed by atoms with E-state index in [1.54, 1.807) is 12.1 Å². The molecule has 0 radical (unpaired) electrons. The minimum atomic E-state index is -1.12. The van der Waals surface area contributed by atoms with Gasteiger partial charge in [0.1, 0.15) is 11.8 Å². The summed E-state index contributed by atoms with van der Waals surface area (Å²) >= 11 is 3.27. The van der Waals surface area contributed by atoms with Crippen LogP contribution < -0.4 is 4.74 Å². The lowest BCUT2D eigenvalue weighted by atomic mass is 10.1. The molecule has 1 heterocycles. The Morgan fingerprint density at radius 1 is 1.45 bits per heavy atom. The maximum Gasteiger partial charge on any atom is 0.326 e. The van der Waals surface area contributed by atoms with Crippen molar-refractivity contribution in [2.24, 2.45) is 0 Å². The Labute approximate surface area is 124 Å². The van der Waals surface area contributed by atoms with Crippen molar-refractivity contribution in [3.05, 3.63) is 28.2 Å². The van der Waals surface area contributed by atoms with Gasteiger partial charge in [0.25, 0.3) is 5.91 Å². The van der Waals surface area contributed by atoms with Crippen LogP contribution in [0.5, 0.6) is 5.75 Å². The zero-order valence-corrected chi connectivity index (χ0v) is 12.3. The number of likely N-dealkylation sites (tertiary alicyclic amines) is 1. The number of rotatable bonds is 3. The number of β-amino-alcohol motifs (C(OH)–C–C–N with tert-alkyl or cyclic N) is 1. The van der Waals surface area contributed by atoms with Gasteiger partial charge in [-0.05, 0) is 34.1 Å².